The van der Waals surface area contributed by atoms with Crippen LogP contribution in [0.4, 0.5) is 0 Å². The minimum atomic E-state index is -0.390. The Morgan fingerprint density at radius 1 is 1.19 bits per heavy atom. The van der Waals surface area contributed by atoms with Gasteiger partial charge in [0, 0.05) is 41.8 Å². The highest BCUT2D eigenvalue weighted by molar-refractivity contribution is 5.71. The summed E-state index contributed by atoms with van der Waals surface area (Å²) in [6.07, 6.45) is 6.58. The van der Waals surface area contributed by atoms with Crippen molar-refractivity contribution in [3.05, 3.63) is 35.9 Å². The van der Waals surface area contributed by atoms with Crippen molar-refractivity contribution < 1.29 is 14.2 Å². The molecule has 1 spiro atoms. The topological polar surface area (TPSA) is 62.8 Å². The molecule has 5 rings (SSSR count). The van der Waals surface area contributed by atoms with Gasteiger partial charge in [0.1, 0.15) is 6.33 Å². The van der Waals surface area contributed by atoms with Crippen molar-refractivity contribution in [2.75, 3.05) is 20.3 Å². The number of fused-ring (bicyclic) bond motifs is 1. The highest BCUT2D eigenvalue weighted by Crippen LogP contribution is 2.49. The molecule has 1 aliphatic heterocycles. The molecule has 2 fully saturated rings. The van der Waals surface area contributed by atoms with Crippen molar-refractivity contribution in [1.29, 1.82) is 0 Å². The van der Waals surface area contributed by atoms with E-state index in [4.69, 9.17) is 14.2 Å². The van der Waals surface area contributed by atoms with Crippen molar-refractivity contribution >= 4 is 5.65 Å². The van der Waals surface area contributed by atoms with Crippen molar-refractivity contribution in [3.63, 3.8) is 0 Å². The molecule has 7 heteroatoms. The molecule has 1 atom stereocenters. The molecule has 7 nitrogen and oxygen atoms in total. The monoisotopic (exact) mass is 438 g/mol. The van der Waals surface area contributed by atoms with Crippen molar-refractivity contribution in [2.24, 2.45) is 0 Å². The first-order valence-corrected chi connectivity index (χ1v) is 11.6. The second kappa shape index (κ2) is 7.59. The molecule has 2 aliphatic rings. The number of hydrogen-bond donors (Lipinski definition) is 0. The number of pyridine rings is 1. The maximum atomic E-state index is 6.05. The summed E-state index contributed by atoms with van der Waals surface area (Å²) in [5.74, 6) is 1.11. The van der Waals surface area contributed by atoms with Gasteiger partial charge in [0.25, 0.3) is 0 Å². The van der Waals surface area contributed by atoms with Crippen molar-refractivity contribution in [3.8, 4) is 17.0 Å². The Morgan fingerprint density at radius 2 is 1.94 bits per heavy atom. The summed E-state index contributed by atoms with van der Waals surface area (Å²) in [6, 6.07) is 4.51. The van der Waals surface area contributed by atoms with Gasteiger partial charge in [-0.1, -0.05) is 13.8 Å². The average Bonchev–Trinajstić information content (AvgIpc) is 3.52. The number of methoxy groups -OCH3 is 1. The molecule has 0 radical (unpaired) electrons. The lowest BCUT2D eigenvalue weighted by molar-refractivity contribution is -0.151. The van der Waals surface area contributed by atoms with Crippen LogP contribution >= 0.6 is 0 Å². The average molecular weight is 439 g/mol. The van der Waals surface area contributed by atoms with Gasteiger partial charge >= 0.3 is 0 Å². The van der Waals surface area contributed by atoms with Crippen LogP contribution in [-0.4, -0.2) is 45.3 Å². The predicted octanol–water partition coefficient (Wildman–Crippen LogP) is 5.10. The predicted molar refractivity (Wildman–Crippen MR) is 123 cm³/mol. The van der Waals surface area contributed by atoms with E-state index in [9.17, 15) is 0 Å². The molecule has 0 bridgehead atoms. The molecular weight excluding hydrogens is 404 g/mol. The highest BCUT2D eigenvalue weighted by Gasteiger charge is 2.46. The third kappa shape index (κ3) is 3.42. The summed E-state index contributed by atoms with van der Waals surface area (Å²) < 4.78 is 22.1. The number of nitrogens with zero attached hydrogens (tertiary/aromatic N) is 4. The Bertz CT molecular complexity index is 1130. The molecule has 0 amide bonds. The fourth-order valence-electron chi connectivity index (χ4n) is 5.47. The van der Waals surface area contributed by atoms with Gasteiger partial charge in [-0.05, 0) is 50.8 Å². The van der Waals surface area contributed by atoms with E-state index in [2.05, 4.69) is 67.6 Å². The zero-order valence-electron chi connectivity index (χ0n) is 20.0. The smallest absolute Gasteiger partial charge is 0.197 e. The summed E-state index contributed by atoms with van der Waals surface area (Å²) in [7, 11) is 1.69. The molecular formula is C25H34N4O3. The SMILES string of the molecule is COc1cc(-c2c(C(C)C)cc(C3CCC4(C3)OCCO4)n2C(C)(C)C)cn2ncnc12. The zero-order valence-corrected chi connectivity index (χ0v) is 20.0. The lowest BCUT2D eigenvalue weighted by Gasteiger charge is -2.30. The van der Waals surface area contributed by atoms with E-state index < -0.39 is 5.79 Å². The van der Waals surface area contributed by atoms with E-state index >= 15 is 0 Å². The van der Waals surface area contributed by atoms with Crippen LogP contribution in [0.25, 0.3) is 16.9 Å². The largest absolute Gasteiger partial charge is 0.493 e. The van der Waals surface area contributed by atoms with Crippen LogP contribution in [0, 0.1) is 0 Å². The molecule has 0 N–H and O–H groups in total. The zero-order chi connectivity index (χ0) is 22.7. The lowest BCUT2D eigenvalue weighted by Crippen LogP contribution is -2.28. The van der Waals surface area contributed by atoms with Gasteiger partial charge in [0.15, 0.2) is 17.2 Å². The fraction of sp³-hybridized carbons (Fsp3) is 0.600. The first-order chi connectivity index (χ1) is 15.2. The van der Waals surface area contributed by atoms with Gasteiger partial charge in [-0.2, -0.15) is 5.10 Å². The Labute approximate surface area is 189 Å². The van der Waals surface area contributed by atoms with E-state index in [0.29, 0.717) is 25.0 Å². The standard InChI is InChI=1S/C25H34N4O3/c1-16(2)19-12-20(17-7-8-25(13-17)31-9-10-32-25)29(24(3,4)5)22(19)18-11-21(30-6)23-26-15-27-28(23)14-18/h11-12,14-17H,7-10,13H2,1-6H3. The second-order valence-corrected chi connectivity index (χ2v) is 10.4. The molecule has 3 aromatic heterocycles. The minimum Gasteiger partial charge on any atom is -0.493 e. The summed E-state index contributed by atoms with van der Waals surface area (Å²) in [6.45, 7) is 12.8. The maximum absolute atomic E-state index is 6.05. The summed E-state index contributed by atoms with van der Waals surface area (Å²) >= 11 is 0. The van der Waals surface area contributed by atoms with Gasteiger partial charge in [0.2, 0.25) is 0 Å². The third-order valence-corrected chi connectivity index (χ3v) is 6.85. The van der Waals surface area contributed by atoms with E-state index in [-0.39, 0.29) is 5.54 Å². The van der Waals surface area contributed by atoms with E-state index in [1.54, 1.807) is 13.4 Å². The van der Waals surface area contributed by atoms with Crippen LogP contribution in [0.5, 0.6) is 5.75 Å². The van der Waals surface area contributed by atoms with Gasteiger partial charge in [-0.3, -0.25) is 0 Å². The van der Waals surface area contributed by atoms with Crippen molar-refractivity contribution in [1.82, 2.24) is 19.2 Å². The molecule has 1 saturated carbocycles. The van der Waals surface area contributed by atoms with Crippen LogP contribution in [0.1, 0.15) is 77.0 Å². The number of ether oxygens (including phenoxy) is 3. The summed E-state index contributed by atoms with van der Waals surface area (Å²) in [5, 5.41) is 4.40. The molecule has 4 heterocycles. The lowest BCUT2D eigenvalue weighted by atomic mass is 9.98. The van der Waals surface area contributed by atoms with Gasteiger partial charge < -0.3 is 18.8 Å². The molecule has 1 unspecified atom stereocenters. The Kier molecular flexibility index (Phi) is 5.09. The first kappa shape index (κ1) is 21.5. The van der Waals surface area contributed by atoms with Crippen LogP contribution in [0.15, 0.2) is 24.7 Å². The normalized spacial score (nSPS) is 20.8. The van der Waals surface area contributed by atoms with Crippen LogP contribution in [-0.2, 0) is 15.0 Å². The van der Waals surface area contributed by atoms with Gasteiger partial charge in [0.05, 0.1) is 26.0 Å². The second-order valence-electron chi connectivity index (χ2n) is 10.4. The van der Waals surface area contributed by atoms with E-state index in [1.165, 1.54) is 17.0 Å². The van der Waals surface area contributed by atoms with Crippen LogP contribution < -0.4 is 4.74 Å². The fourth-order valence-corrected chi connectivity index (χ4v) is 5.47. The minimum absolute atomic E-state index is 0.102. The quantitative estimate of drug-likeness (QED) is 0.567. The van der Waals surface area contributed by atoms with E-state index in [1.807, 2.05) is 4.52 Å². The molecule has 172 valence electrons. The molecule has 3 aromatic rings. The van der Waals surface area contributed by atoms with Gasteiger partial charge in [-0.15, -0.1) is 0 Å². The number of hydrogen-bond acceptors (Lipinski definition) is 5. The Hall–Kier alpha value is -2.38. The van der Waals surface area contributed by atoms with Gasteiger partial charge in [-0.25, -0.2) is 9.50 Å². The molecule has 32 heavy (non-hydrogen) atoms. The van der Waals surface area contributed by atoms with Crippen LogP contribution in [0.3, 0.4) is 0 Å². The highest BCUT2D eigenvalue weighted by atomic mass is 16.7. The molecule has 0 aromatic carbocycles. The summed E-state index contributed by atoms with van der Waals surface area (Å²) in [5.41, 5.74) is 5.65. The summed E-state index contributed by atoms with van der Waals surface area (Å²) in [4.78, 5) is 4.35. The van der Waals surface area contributed by atoms with Crippen molar-refractivity contribution in [2.45, 2.75) is 77.0 Å². The van der Waals surface area contributed by atoms with E-state index in [0.717, 1.165) is 36.2 Å². The Morgan fingerprint density at radius 3 is 2.59 bits per heavy atom. The number of aromatic nitrogens is 4. The number of rotatable bonds is 4. The third-order valence-electron chi connectivity index (χ3n) is 6.85. The first-order valence-electron chi connectivity index (χ1n) is 11.6. The molecule has 1 saturated heterocycles. The maximum Gasteiger partial charge on any atom is 0.197 e. The molecule has 1 aliphatic carbocycles. The van der Waals surface area contributed by atoms with Crippen LogP contribution in [0.2, 0.25) is 0 Å². The Balaban J connectivity index is 1.70.